The fourth-order valence-electron chi connectivity index (χ4n) is 4.47. The van der Waals surface area contributed by atoms with Crippen molar-refractivity contribution in [3.05, 3.63) is 42.1 Å². The highest BCUT2D eigenvalue weighted by molar-refractivity contribution is 5.97. The number of hydrogen-bond acceptors (Lipinski definition) is 4. The molecule has 1 aromatic carbocycles. The lowest BCUT2D eigenvalue weighted by atomic mass is 9.79. The summed E-state index contributed by atoms with van der Waals surface area (Å²) in [6.07, 6.45) is 3.87. The second-order valence-corrected chi connectivity index (χ2v) is 8.36. The molecule has 0 aliphatic carbocycles. The van der Waals surface area contributed by atoms with Gasteiger partial charge in [-0.15, -0.1) is 0 Å². The number of pyridine rings is 1. The van der Waals surface area contributed by atoms with Crippen LogP contribution in [0.3, 0.4) is 0 Å². The van der Waals surface area contributed by atoms with Crippen LogP contribution in [0.2, 0.25) is 0 Å². The summed E-state index contributed by atoms with van der Waals surface area (Å²) in [4.78, 5) is 22.2. The van der Waals surface area contributed by atoms with Crippen LogP contribution >= 0.6 is 0 Å². The summed E-state index contributed by atoms with van der Waals surface area (Å²) in [5.74, 6) is 0.0904. The van der Waals surface area contributed by atoms with Gasteiger partial charge in [-0.05, 0) is 38.8 Å². The molecule has 1 atom stereocenters. The van der Waals surface area contributed by atoms with E-state index in [-0.39, 0.29) is 11.3 Å². The van der Waals surface area contributed by atoms with E-state index in [9.17, 15) is 4.79 Å². The van der Waals surface area contributed by atoms with Crippen LogP contribution in [-0.4, -0.2) is 66.1 Å². The molecule has 2 aromatic rings. The third kappa shape index (κ3) is 3.85. The number of fused-ring (bicyclic) bond motifs is 1. The second-order valence-electron chi connectivity index (χ2n) is 8.36. The number of para-hydroxylation sites is 1. The van der Waals surface area contributed by atoms with Crippen molar-refractivity contribution in [1.29, 1.82) is 0 Å². The number of benzene rings is 1. The van der Waals surface area contributed by atoms with E-state index in [1.165, 1.54) is 0 Å². The summed E-state index contributed by atoms with van der Waals surface area (Å²) in [6.45, 7) is 9.57. The van der Waals surface area contributed by atoms with Gasteiger partial charge < -0.3 is 9.64 Å². The molecular weight excluding hydrogens is 338 g/mol. The van der Waals surface area contributed by atoms with Gasteiger partial charge in [0, 0.05) is 49.2 Å². The third-order valence-electron chi connectivity index (χ3n) is 5.99. The Bertz CT molecular complexity index is 822. The SMILES string of the molecule is CC(C)N1CCOC[C@]2(CCCN(C(=O)c3cnc4ccccc4c3)C2)C1. The number of carbonyl (C=O) groups excluding carboxylic acids is 1. The van der Waals surface area contributed by atoms with Crippen LogP contribution in [0, 0.1) is 5.41 Å². The van der Waals surface area contributed by atoms with Crippen LogP contribution in [-0.2, 0) is 4.74 Å². The van der Waals surface area contributed by atoms with Crippen LogP contribution in [0.5, 0.6) is 0 Å². The summed E-state index contributed by atoms with van der Waals surface area (Å²) in [5.41, 5.74) is 1.65. The minimum absolute atomic E-state index is 0.0406. The predicted octanol–water partition coefficient (Wildman–Crippen LogP) is 3.20. The lowest BCUT2D eigenvalue weighted by Gasteiger charge is -2.44. The first kappa shape index (κ1) is 18.4. The molecule has 0 bridgehead atoms. The zero-order valence-electron chi connectivity index (χ0n) is 16.4. The molecule has 5 nitrogen and oxygen atoms in total. The third-order valence-corrected chi connectivity index (χ3v) is 5.99. The fraction of sp³-hybridized carbons (Fsp3) is 0.545. The number of amides is 1. The Balaban J connectivity index is 1.55. The van der Waals surface area contributed by atoms with Crippen molar-refractivity contribution >= 4 is 16.8 Å². The first-order valence-electron chi connectivity index (χ1n) is 10.0. The topological polar surface area (TPSA) is 45.7 Å². The maximum absolute atomic E-state index is 13.2. The molecule has 2 saturated heterocycles. The molecule has 0 saturated carbocycles. The van der Waals surface area contributed by atoms with Gasteiger partial charge in [0.2, 0.25) is 0 Å². The second kappa shape index (κ2) is 7.56. The van der Waals surface area contributed by atoms with Crippen molar-refractivity contribution < 1.29 is 9.53 Å². The largest absolute Gasteiger partial charge is 0.379 e. The van der Waals surface area contributed by atoms with Gasteiger partial charge in [-0.1, -0.05) is 18.2 Å². The Morgan fingerprint density at radius 2 is 2.07 bits per heavy atom. The van der Waals surface area contributed by atoms with Crippen molar-refractivity contribution in [2.75, 3.05) is 39.4 Å². The van der Waals surface area contributed by atoms with Crippen molar-refractivity contribution in [2.24, 2.45) is 5.41 Å². The highest BCUT2D eigenvalue weighted by Crippen LogP contribution is 2.34. The van der Waals surface area contributed by atoms with Crippen LogP contribution in [0.25, 0.3) is 10.9 Å². The van der Waals surface area contributed by atoms with Gasteiger partial charge in [0.25, 0.3) is 5.91 Å². The number of nitrogens with zero attached hydrogens (tertiary/aromatic N) is 3. The van der Waals surface area contributed by atoms with Gasteiger partial charge in [-0.3, -0.25) is 14.7 Å². The van der Waals surface area contributed by atoms with E-state index in [0.717, 1.165) is 63.1 Å². The lowest BCUT2D eigenvalue weighted by Crippen LogP contribution is -2.53. The van der Waals surface area contributed by atoms with Crippen molar-refractivity contribution in [3.63, 3.8) is 0 Å². The maximum atomic E-state index is 13.2. The standard InChI is InChI=1S/C22H29N3O2/c1-17(2)24-10-11-27-16-22(14-24)8-5-9-25(15-22)21(26)19-12-18-6-3-4-7-20(18)23-13-19/h3-4,6-7,12-13,17H,5,8-11,14-16H2,1-2H3/t22-/m1/s1. The molecule has 2 fully saturated rings. The average Bonchev–Trinajstić information content (AvgIpc) is 2.90. The summed E-state index contributed by atoms with van der Waals surface area (Å²) in [7, 11) is 0. The van der Waals surface area contributed by atoms with E-state index in [1.54, 1.807) is 6.20 Å². The van der Waals surface area contributed by atoms with Crippen LogP contribution in [0.15, 0.2) is 36.5 Å². The minimum Gasteiger partial charge on any atom is -0.379 e. The van der Waals surface area contributed by atoms with E-state index in [4.69, 9.17) is 4.74 Å². The van der Waals surface area contributed by atoms with Crippen molar-refractivity contribution in [2.45, 2.75) is 32.7 Å². The Labute approximate surface area is 161 Å². The lowest BCUT2D eigenvalue weighted by molar-refractivity contribution is 0.00572. The quantitative estimate of drug-likeness (QED) is 0.818. The zero-order chi connectivity index (χ0) is 18.9. The Hall–Kier alpha value is -1.98. The summed E-state index contributed by atoms with van der Waals surface area (Å²) in [5, 5.41) is 1.01. The number of aromatic nitrogens is 1. The smallest absolute Gasteiger partial charge is 0.255 e. The minimum atomic E-state index is 0.0406. The van der Waals surface area contributed by atoms with E-state index >= 15 is 0 Å². The van der Waals surface area contributed by atoms with Gasteiger partial charge in [-0.2, -0.15) is 0 Å². The average molecular weight is 367 g/mol. The van der Waals surface area contributed by atoms with Crippen molar-refractivity contribution in [3.8, 4) is 0 Å². The van der Waals surface area contributed by atoms with Crippen LogP contribution < -0.4 is 0 Å². The van der Waals surface area contributed by atoms with E-state index < -0.39 is 0 Å². The molecule has 2 aliphatic heterocycles. The Morgan fingerprint density at radius 3 is 2.93 bits per heavy atom. The number of hydrogen-bond donors (Lipinski definition) is 0. The number of carbonyl (C=O) groups is 1. The Morgan fingerprint density at radius 1 is 1.22 bits per heavy atom. The Kier molecular flexibility index (Phi) is 5.15. The van der Waals surface area contributed by atoms with Gasteiger partial charge in [0.05, 0.1) is 24.3 Å². The molecule has 2 aliphatic rings. The van der Waals surface area contributed by atoms with Crippen molar-refractivity contribution in [1.82, 2.24) is 14.8 Å². The molecule has 1 spiro atoms. The summed E-state index contributed by atoms with van der Waals surface area (Å²) < 4.78 is 5.97. The fourth-order valence-corrected chi connectivity index (χ4v) is 4.47. The number of rotatable bonds is 2. The van der Waals surface area contributed by atoms with E-state index in [2.05, 4.69) is 23.7 Å². The molecule has 3 heterocycles. The normalized spacial score (nSPS) is 24.5. The maximum Gasteiger partial charge on any atom is 0.255 e. The van der Waals surface area contributed by atoms with Gasteiger partial charge in [0.1, 0.15) is 0 Å². The predicted molar refractivity (Wildman–Crippen MR) is 107 cm³/mol. The molecule has 144 valence electrons. The molecule has 5 heteroatoms. The first-order chi connectivity index (χ1) is 13.1. The number of piperidine rings is 1. The molecule has 4 rings (SSSR count). The van der Waals surface area contributed by atoms with Gasteiger partial charge in [0.15, 0.2) is 0 Å². The van der Waals surface area contributed by atoms with Gasteiger partial charge in [-0.25, -0.2) is 0 Å². The summed E-state index contributed by atoms with van der Waals surface area (Å²) in [6, 6.07) is 10.4. The molecule has 0 unspecified atom stereocenters. The monoisotopic (exact) mass is 367 g/mol. The molecule has 1 aromatic heterocycles. The molecule has 27 heavy (non-hydrogen) atoms. The molecule has 1 amide bonds. The first-order valence-corrected chi connectivity index (χ1v) is 10.0. The zero-order valence-corrected chi connectivity index (χ0v) is 16.4. The highest BCUT2D eigenvalue weighted by Gasteiger charge is 2.40. The highest BCUT2D eigenvalue weighted by atomic mass is 16.5. The van der Waals surface area contributed by atoms with Crippen LogP contribution in [0.4, 0.5) is 0 Å². The molecular formula is C22H29N3O2. The van der Waals surface area contributed by atoms with E-state index in [0.29, 0.717) is 11.6 Å². The van der Waals surface area contributed by atoms with E-state index in [1.807, 2.05) is 35.2 Å². The summed E-state index contributed by atoms with van der Waals surface area (Å²) >= 11 is 0. The van der Waals surface area contributed by atoms with Crippen LogP contribution in [0.1, 0.15) is 37.0 Å². The number of ether oxygens (including phenoxy) is 1. The molecule has 0 N–H and O–H groups in total. The molecule has 0 radical (unpaired) electrons. The van der Waals surface area contributed by atoms with Gasteiger partial charge >= 0.3 is 0 Å². The number of likely N-dealkylation sites (tertiary alicyclic amines) is 1.